The summed E-state index contributed by atoms with van der Waals surface area (Å²) in [6.07, 6.45) is 1.92. The molecule has 0 spiro atoms. The van der Waals surface area contributed by atoms with Crippen LogP contribution < -0.4 is 10.6 Å². The van der Waals surface area contributed by atoms with E-state index in [9.17, 15) is 0 Å². The van der Waals surface area contributed by atoms with Crippen LogP contribution in [0.25, 0.3) is 0 Å². The molecule has 2 aromatic heterocycles. The number of aromatic nitrogens is 3. The average molecular weight is 337 g/mol. The summed E-state index contributed by atoms with van der Waals surface area (Å²) in [5.41, 5.74) is 3.68. The summed E-state index contributed by atoms with van der Waals surface area (Å²) < 4.78 is 5.08. The number of hydrogen-bond acceptors (Lipinski definition) is 6. The Hall–Kier alpha value is -2.89. The van der Waals surface area contributed by atoms with Gasteiger partial charge in [0, 0.05) is 17.8 Å². The van der Waals surface area contributed by atoms with Gasteiger partial charge in [-0.2, -0.15) is 0 Å². The zero-order chi connectivity index (χ0) is 17.8. The molecule has 2 N–H and O–H groups in total. The standard InChI is InChI=1S/C19H23N5O/c1-5-14-8-7-9-15(6-2)19(14)23-17-11-16(20-13(4)21-17)22-18-10-12(3)25-24-18/h7-11H,5-6H2,1-4H3,(H2,20,21,22,23,24). The molecule has 0 aliphatic rings. The molecule has 0 saturated carbocycles. The van der Waals surface area contributed by atoms with Gasteiger partial charge in [0.1, 0.15) is 23.2 Å². The van der Waals surface area contributed by atoms with E-state index >= 15 is 0 Å². The Bertz CT molecular complexity index is 850. The lowest BCUT2D eigenvalue weighted by atomic mass is 10.0. The smallest absolute Gasteiger partial charge is 0.175 e. The number of para-hydroxylation sites is 1. The topological polar surface area (TPSA) is 75.9 Å². The number of benzene rings is 1. The van der Waals surface area contributed by atoms with Crippen molar-refractivity contribution in [2.75, 3.05) is 10.6 Å². The molecule has 1 aromatic carbocycles. The molecule has 0 saturated heterocycles. The van der Waals surface area contributed by atoms with Crippen molar-refractivity contribution in [2.24, 2.45) is 0 Å². The van der Waals surface area contributed by atoms with Crippen molar-refractivity contribution in [2.45, 2.75) is 40.5 Å². The number of aryl methyl sites for hydroxylation is 4. The van der Waals surface area contributed by atoms with Crippen LogP contribution in [0.15, 0.2) is 34.9 Å². The molecule has 0 radical (unpaired) electrons. The van der Waals surface area contributed by atoms with Crippen LogP contribution in [0.5, 0.6) is 0 Å². The van der Waals surface area contributed by atoms with Gasteiger partial charge in [0.05, 0.1) is 0 Å². The molecule has 0 bridgehead atoms. The minimum absolute atomic E-state index is 0.629. The number of nitrogens with zero attached hydrogens (tertiary/aromatic N) is 3. The van der Waals surface area contributed by atoms with Crippen molar-refractivity contribution in [3.05, 3.63) is 53.0 Å². The maximum absolute atomic E-state index is 5.08. The third kappa shape index (κ3) is 3.96. The van der Waals surface area contributed by atoms with Crippen molar-refractivity contribution < 1.29 is 4.52 Å². The van der Waals surface area contributed by atoms with Crippen LogP contribution in [-0.2, 0) is 12.8 Å². The van der Waals surface area contributed by atoms with Gasteiger partial charge in [-0.3, -0.25) is 0 Å². The van der Waals surface area contributed by atoms with Crippen molar-refractivity contribution in [1.82, 2.24) is 15.1 Å². The van der Waals surface area contributed by atoms with Crippen LogP contribution in [0.2, 0.25) is 0 Å². The number of nitrogens with one attached hydrogen (secondary N) is 2. The predicted molar refractivity (Wildman–Crippen MR) is 99.8 cm³/mol. The lowest BCUT2D eigenvalue weighted by molar-refractivity contribution is 0.400. The van der Waals surface area contributed by atoms with E-state index in [-0.39, 0.29) is 0 Å². The second kappa shape index (κ2) is 7.34. The largest absolute Gasteiger partial charge is 0.360 e. The van der Waals surface area contributed by atoms with E-state index in [1.54, 1.807) is 0 Å². The Morgan fingerprint density at radius 1 is 0.880 bits per heavy atom. The molecule has 0 atom stereocenters. The van der Waals surface area contributed by atoms with Gasteiger partial charge in [0.15, 0.2) is 5.82 Å². The lowest BCUT2D eigenvalue weighted by Gasteiger charge is -2.15. The van der Waals surface area contributed by atoms with Crippen LogP contribution in [-0.4, -0.2) is 15.1 Å². The van der Waals surface area contributed by atoms with Gasteiger partial charge in [0.2, 0.25) is 0 Å². The van der Waals surface area contributed by atoms with Gasteiger partial charge < -0.3 is 15.2 Å². The summed E-state index contributed by atoms with van der Waals surface area (Å²) in [4.78, 5) is 8.94. The van der Waals surface area contributed by atoms with Gasteiger partial charge in [-0.05, 0) is 37.8 Å². The SMILES string of the molecule is CCc1cccc(CC)c1Nc1cc(Nc2cc(C)on2)nc(C)n1. The van der Waals surface area contributed by atoms with Crippen molar-refractivity contribution in [3.8, 4) is 0 Å². The fraction of sp³-hybridized carbons (Fsp3) is 0.316. The second-order valence-electron chi connectivity index (χ2n) is 5.92. The molecule has 6 heteroatoms. The average Bonchev–Trinajstić information content (AvgIpc) is 2.99. The molecule has 25 heavy (non-hydrogen) atoms. The maximum Gasteiger partial charge on any atom is 0.175 e. The normalized spacial score (nSPS) is 10.7. The summed E-state index contributed by atoms with van der Waals surface area (Å²) in [6, 6.07) is 10.1. The fourth-order valence-corrected chi connectivity index (χ4v) is 2.78. The monoisotopic (exact) mass is 337 g/mol. The lowest BCUT2D eigenvalue weighted by Crippen LogP contribution is -2.04. The molecule has 0 unspecified atom stereocenters. The van der Waals surface area contributed by atoms with E-state index in [4.69, 9.17) is 4.52 Å². The molecule has 0 aliphatic carbocycles. The first-order valence-electron chi connectivity index (χ1n) is 8.52. The van der Waals surface area contributed by atoms with E-state index in [1.165, 1.54) is 11.1 Å². The molecular weight excluding hydrogens is 314 g/mol. The molecular formula is C19H23N5O. The van der Waals surface area contributed by atoms with Gasteiger partial charge in [-0.25, -0.2) is 9.97 Å². The summed E-state index contributed by atoms with van der Waals surface area (Å²) in [7, 11) is 0. The summed E-state index contributed by atoms with van der Waals surface area (Å²) in [6.45, 7) is 8.04. The Balaban J connectivity index is 1.91. The van der Waals surface area contributed by atoms with E-state index < -0.39 is 0 Å². The van der Waals surface area contributed by atoms with Gasteiger partial charge in [-0.1, -0.05) is 37.2 Å². The van der Waals surface area contributed by atoms with Gasteiger partial charge in [0.25, 0.3) is 0 Å². The molecule has 6 nitrogen and oxygen atoms in total. The third-order valence-corrected chi connectivity index (χ3v) is 3.97. The summed E-state index contributed by atoms with van der Waals surface area (Å²) in [5.74, 6) is 3.49. The highest BCUT2D eigenvalue weighted by atomic mass is 16.5. The zero-order valence-electron chi connectivity index (χ0n) is 15.1. The molecule has 130 valence electrons. The Labute approximate surface area is 147 Å². The minimum atomic E-state index is 0.629. The first-order chi connectivity index (χ1) is 12.1. The van der Waals surface area contributed by atoms with Crippen molar-refractivity contribution >= 4 is 23.1 Å². The van der Waals surface area contributed by atoms with Gasteiger partial charge in [-0.15, -0.1) is 0 Å². The highest BCUT2D eigenvalue weighted by molar-refractivity contribution is 5.67. The molecule has 0 aliphatic heterocycles. The fourth-order valence-electron chi connectivity index (χ4n) is 2.78. The quantitative estimate of drug-likeness (QED) is 0.679. The van der Waals surface area contributed by atoms with Crippen LogP contribution in [0, 0.1) is 13.8 Å². The van der Waals surface area contributed by atoms with Crippen LogP contribution in [0.3, 0.4) is 0 Å². The Morgan fingerprint density at radius 2 is 1.52 bits per heavy atom. The molecule has 2 heterocycles. The number of hydrogen-bond donors (Lipinski definition) is 2. The Kier molecular flexibility index (Phi) is 4.97. The predicted octanol–water partition coefficient (Wildman–Crippen LogP) is 4.69. The highest BCUT2D eigenvalue weighted by Gasteiger charge is 2.10. The maximum atomic E-state index is 5.08. The third-order valence-electron chi connectivity index (χ3n) is 3.97. The van der Waals surface area contributed by atoms with E-state index in [0.717, 1.165) is 30.1 Å². The number of rotatable bonds is 6. The molecule has 3 aromatic rings. The van der Waals surface area contributed by atoms with E-state index in [1.807, 2.05) is 26.0 Å². The van der Waals surface area contributed by atoms with Crippen molar-refractivity contribution in [3.63, 3.8) is 0 Å². The second-order valence-corrected chi connectivity index (χ2v) is 5.92. The zero-order valence-corrected chi connectivity index (χ0v) is 15.1. The minimum Gasteiger partial charge on any atom is -0.360 e. The first-order valence-corrected chi connectivity index (χ1v) is 8.52. The van der Waals surface area contributed by atoms with Gasteiger partial charge >= 0.3 is 0 Å². The molecule has 0 fully saturated rings. The molecule has 3 rings (SSSR count). The summed E-state index contributed by atoms with van der Waals surface area (Å²) in [5, 5.41) is 10.6. The molecule has 0 amide bonds. The Morgan fingerprint density at radius 3 is 2.08 bits per heavy atom. The van der Waals surface area contributed by atoms with Crippen molar-refractivity contribution in [1.29, 1.82) is 0 Å². The van der Waals surface area contributed by atoms with Crippen LogP contribution in [0.1, 0.15) is 36.6 Å². The highest BCUT2D eigenvalue weighted by Crippen LogP contribution is 2.27. The van der Waals surface area contributed by atoms with Crippen LogP contribution >= 0.6 is 0 Å². The van der Waals surface area contributed by atoms with E-state index in [0.29, 0.717) is 17.5 Å². The van der Waals surface area contributed by atoms with E-state index in [2.05, 4.69) is 57.8 Å². The number of anilines is 4. The van der Waals surface area contributed by atoms with Crippen LogP contribution in [0.4, 0.5) is 23.1 Å². The first kappa shape index (κ1) is 17.0. The summed E-state index contributed by atoms with van der Waals surface area (Å²) >= 11 is 0.